The van der Waals surface area contributed by atoms with E-state index >= 15 is 0 Å². The Morgan fingerprint density at radius 2 is 1.79 bits per heavy atom. The summed E-state index contributed by atoms with van der Waals surface area (Å²) in [6.07, 6.45) is 2.64. The Kier molecular flexibility index (Phi) is 10.8. The molecule has 0 unspecified atom stereocenters. The van der Waals surface area contributed by atoms with E-state index in [0.717, 1.165) is 54.3 Å². The average molecular weight is 568 g/mol. The van der Waals surface area contributed by atoms with Crippen LogP contribution in [-0.2, 0) is 16.0 Å². The van der Waals surface area contributed by atoms with Gasteiger partial charge in [0, 0.05) is 35.1 Å². The molecule has 2 atom stereocenters. The summed E-state index contributed by atoms with van der Waals surface area (Å²) in [5.41, 5.74) is 3.81. The highest BCUT2D eigenvalue weighted by molar-refractivity contribution is 6.30. The number of carboxylic acid groups (broad SMARTS) is 1. The van der Waals surface area contributed by atoms with Crippen molar-refractivity contribution in [2.75, 3.05) is 11.9 Å². The first kappa shape index (κ1) is 30.5. The van der Waals surface area contributed by atoms with Crippen molar-refractivity contribution in [2.45, 2.75) is 63.8 Å². The van der Waals surface area contributed by atoms with Crippen LogP contribution in [0.3, 0.4) is 0 Å². The van der Waals surface area contributed by atoms with Crippen molar-refractivity contribution in [3.8, 4) is 0 Å². The fourth-order valence-corrected chi connectivity index (χ4v) is 4.83. The average Bonchev–Trinajstić information content (AvgIpc) is 3.31. The Labute approximate surface area is 229 Å². The summed E-state index contributed by atoms with van der Waals surface area (Å²) in [5.74, 6) is -2.49. The number of hydrogen-bond acceptors (Lipinski definition) is 4. The van der Waals surface area contributed by atoms with E-state index in [9.17, 15) is 23.1 Å². The number of nitrogens with one attached hydrogen (secondary N) is 3. The lowest BCUT2D eigenvalue weighted by atomic mass is 9.88. The second-order valence-electron chi connectivity index (χ2n) is 9.75. The molecule has 1 fully saturated rings. The van der Waals surface area contributed by atoms with Gasteiger partial charge in [-0.3, -0.25) is 4.79 Å². The Morgan fingerprint density at radius 3 is 2.44 bits per heavy atom. The molecule has 4 rings (SSSR count). The van der Waals surface area contributed by atoms with E-state index < -0.39 is 18.2 Å². The molecule has 1 amide bonds. The lowest BCUT2D eigenvalue weighted by molar-refractivity contribution is -0.192. The zero-order chi connectivity index (χ0) is 28.6. The number of alkyl halides is 3. The Morgan fingerprint density at radius 1 is 1.13 bits per heavy atom. The van der Waals surface area contributed by atoms with Gasteiger partial charge in [0.1, 0.15) is 0 Å². The van der Waals surface area contributed by atoms with Crippen LogP contribution in [0, 0.1) is 5.92 Å². The molecule has 0 saturated heterocycles. The molecule has 1 saturated carbocycles. The lowest BCUT2D eigenvalue weighted by Gasteiger charge is -2.21. The minimum absolute atomic E-state index is 0.128. The summed E-state index contributed by atoms with van der Waals surface area (Å²) in [4.78, 5) is 25.0. The van der Waals surface area contributed by atoms with Crippen LogP contribution in [0.4, 0.5) is 18.9 Å². The molecule has 5 N–H and O–H groups in total. The monoisotopic (exact) mass is 567 g/mol. The number of rotatable bonds is 8. The molecule has 0 spiro atoms. The molecule has 2 aromatic carbocycles. The maximum Gasteiger partial charge on any atom is 0.490 e. The number of aromatic amines is 1. The van der Waals surface area contributed by atoms with Crippen LogP contribution in [0.15, 0.2) is 48.7 Å². The molecule has 3 aromatic rings. The van der Waals surface area contributed by atoms with Gasteiger partial charge in [-0.25, -0.2) is 4.79 Å². The lowest BCUT2D eigenvalue weighted by Crippen LogP contribution is -2.32. The molecule has 0 radical (unpaired) electrons. The quantitative estimate of drug-likeness (QED) is 0.221. The number of aliphatic hydroxyl groups is 1. The Bertz CT molecular complexity index is 1260. The zero-order valence-electron chi connectivity index (χ0n) is 21.5. The topological polar surface area (TPSA) is 114 Å². The van der Waals surface area contributed by atoms with Gasteiger partial charge in [0.05, 0.1) is 17.3 Å². The second kappa shape index (κ2) is 13.8. The van der Waals surface area contributed by atoms with Crippen LogP contribution >= 0.6 is 11.6 Å². The minimum Gasteiger partial charge on any atom is -0.475 e. The molecule has 1 aromatic heterocycles. The number of carbonyl (C=O) groups excluding carboxylic acids is 1. The SMILES string of the molecule is C[C@H](Cc1c[nH]c2c(NC(=O)C3CCCCC3)cccc12)NC[C@H](O)c1cccc(Cl)c1.O=C(O)C(F)(F)F. The maximum atomic E-state index is 12.7. The fraction of sp³-hybridized carbons (Fsp3) is 0.429. The summed E-state index contributed by atoms with van der Waals surface area (Å²) in [7, 11) is 0. The molecule has 7 nitrogen and oxygen atoms in total. The number of para-hydroxylation sites is 1. The first-order valence-corrected chi connectivity index (χ1v) is 13.2. The van der Waals surface area contributed by atoms with E-state index in [0.29, 0.717) is 11.6 Å². The van der Waals surface area contributed by atoms with E-state index in [4.69, 9.17) is 21.5 Å². The van der Waals surface area contributed by atoms with Crippen LogP contribution in [0.2, 0.25) is 5.02 Å². The van der Waals surface area contributed by atoms with Crippen molar-refractivity contribution in [1.29, 1.82) is 0 Å². The summed E-state index contributed by atoms with van der Waals surface area (Å²) in [6.45, 7) is 2.56. The predicted molar refractivity (Wildman–Crippen MR) is 145 cm³/mol. The smallest absolute Gasteiger partial charge is 0.475 e. The van der Waals surface area contributed by atoms with Gasteiger partial charge in [-0.1, -0.05) is 55.1 Å². The van der Waals surface area contributed by atoms with Crippen LogP contribution in [-0.4, -0.2) is 45.8 Å². The van der Waals surface area contributed by atoms with Crippen molar-refractivity contribution in [2.24, 2.45) is 5.92 Å². The minimum atomic E-state index is -5.08. The number of anilines is 1. The summed E-state index contributed by atoms with van der Waals surface area (Å²) in [5, 5.41) is 25.9. The molecule has 0 bridgehead atoms. The largest absolute Gasteiger partial charge is 0.490 e. The number of H-pyrrole nitrogens is 1. The summed E-state index contributed by atoms with van der Waals surface area (Å²) in [6, 6.07) is 13.5. The standard InChI is InChI=1S/C26H32ClN3O2.C2HF3O2/c1-17(28-16-24(31)19-9-5-10-21(27)14-19)13-20-15-29-25-22(20)11-6-12-23(25)30-26(32)18-7-3-2-4-8-18;3-2(4,5)1(6)7/h5-6,9-12,14-15,17-18,24,28-29,31H,2-4,7-8,13,16H2,1H3,(H,30,32);(H,6,7)/t17-,24+;/m1./s1. The van der Waals surface area contributed by atoms with Crippen LogP contribution in [0.1, 0.15) is 56.3 Å². The molecule has 1 heterocycles. The molecule has 0 aliphatic heterocycles. The van der Waals surface area contributed by atoms with Gasteiger partial charge in [0.25, 0.3) is 0 Å². The van der Waals surface area contributed by atoms with Gasteiger partial charge in [-0.2, -0.15) is 13.2 Å². The highest BCUT2D eigenvalue weighted by Gasteiger charge is 2.38. The van der Waals surface area contributed by atoms with E-state index in [2.05, 4.69) is 28.6 Å². The number of carbonyl (C=O) groups is 2. The number of benzene rings is 2. The first-order valence-electron chi connectivity index (χ1n) is 12.8. The van der Waals surface area contributed by atoms with E-state index in [1.165, 1.54) is 12.0 Å². The van der Waals surface area contributed by atoms with Crippen molar-refractivity contribution < 1.29 is 33.0 Å². The maximum absolute atomic E-state index is 12.7. The molecule has 11 heteroatoms. The molecule has 1 aliphatic rings. The molecular formula is C28H33ClF3N3O4. The fourth-order valence-electron chi connectivity index (χ4n) is 4.63. The van der Waals surface area contributed by atoms with Gasteiger partial charge in [0.2, 0.25) is 5.91 Å². The first-order chi connectivity index (χ1) is 18.5. The van der Waals surface area contributed by atoms with E-state index in [1.807, 2.05) is 30.5 Å². The summed E-state index contributed by atoms with van der Waals surface area (Å²) >= 11 is 6.03. The second-order valence-corrected chi connectivity index (χ2v) is 10.2. The van der Waals surface area contributed by atoms with Crippen LogP contribution in [0.25, 0.3) is 10.9 Å². The Hall–Kier alpha value is -3.08. The zero-order valence-corrected chi connectivity index (χ0v) is 22.3. The molecule has 39 heavy (non-hydrogen) atoms. The molecule has 1 aliphatic carbocycles. The number of carboxylic acids is 1. The third-order valence-electron chi connectivity index (χ3n) is 6.70. The number of aliphatic hydroxyl groups excluding tert-OH is 1. The molecule has 212 valence electrons. The van der Waals surface area contributed by atoms with Crippen LogP contribution in [0.5, 0.6) is 0 Å². The van der Waals surface area contributed by atoms with Crippen molar-refractivity contribution in [1.82, 2.24) is 10.3 Å². The van der Waals surface area contributed by atoms with Crippen molar-refractivity contribution in [3.63, 3.8) is 0 Å². The van der Waals surface area contributed by atoms with Gasteiger partial charge in [-0.05, 0) is 55.5 Å². The highest BCUT2D eigenvalue weighted by atomic mass is 35.5. The normalized spacial score (nSPS) is 15.7. The highest BCUT2D eigenvalue weighted by Crippen LogP contribution is 2.29. The van der Waals surface area contributed by atoms with Crippen molar-refractivity contribution in [3.05, 3.63) is 64.8 Å². The third kappa shape index (κ3) is 8.98. The van der Waals surface area contributed by atoms with E-state index in [1.54, 1.807) is 12.1 Å². The Balaban J connectivity index is 0.000000532. The third-order valence-corrected chi connectivity index (χ3v) is 6.93. The summed E-state index contributed by atoms with van der Waals surface area (Å²) < 4.78 is 31.7. The number of halogens is 4. The van der Waals surface area contributed by atoms with Gasteiger partial charge in [0.15, 0.2) is 0 Å². The van der Waals surface area contributed by atoms with Gasteiger partial charge in [-0.15, -0.1) is 0 Å². The van der Waals surface area contributed by atoms with Crippen LogP contribution < -0.4 is 10.6 Å². The van der Waals surface area contributed by atoms with Gasteiger partial charge >= 0.3 is 12.1 Å². The van der Waals surface area contributed by atoms with Gasteiger partial charge < -0.3 is 25.8 Å². The molecular weight excluding hydrogens is 535 g/mol. The van der Waals surface area contributed by atoms with E-state index in [-0.39, 0.29) is 17.9 Å². The number of fused-ring (bicyclic) bond motifs is 1. The van der Waals surface area contributed by atoms with Crippen molar-refractivity contribution >= 4 is 40.1 Å². The number of amides is 1. The number of aromatic nitrogens is 1. The number of hydrogen-bond donors (Lipinski definition) is 5. The number of aliphatic carboxylic acids is 1. The predicted octanol–water partition coefficient (Wildman–Crippen LogP) is 6.23.